The fourth-order valence-corrected chi connectivity index (χ4v) is 0.637. The lowest BCUT2D eigenvalue weighted by atomic mass is 10.4. The average molecular weight is 154 g/mol. The third-order valence-electron chi connectivity index (χ3n) is 1.32. The van der Waals surface area contributed by atoms with Crippen LogP contribution >= 0.6 is 0 Å². The first-order valence-electron chi connectivity index (χ1n) is 3.44. The van der Waals surface area contributed by atoms with Crippen LogP contribution in [-0.2, 0) is 4.79 Å². The molecule has 60 valence electrons. The highest BCUT2D eigenvalue weighted by Gasteiger charge is 2.05. The van der Waals surface area contributed by atoms with Crippen molar-refractivity contribution in [2.45, 2.75) is 20.3 Å². The van der Waals surface area contributed by atoms with Crippen LogP contribution < -0.4 is 5.32 Å². The highest BCUT2D eigenvalue weighted by Crippen LogP contribution is 2.11. The van der Waals surface area contributed by atoms with Crippen molar-refractivity contribution >= 4 is 11.8 Å². The van der Waals surface area contributed by atoms with E-state index in [-0.39, 0.29) is 5.91 Å². The first-order valence-corrected chi connectivity index (χ1v) is 3.44. The number of hydrogen-bond donors (Lipinski definition) is 1. The van der Waals surface area contributed by atoms with Gasteiger partial charge in [0, 0.05) is 6.42 Å². The molecule has 0 aliphatic carbocycles. The van der Waals surface area contributed by atoms with Crippen molar-refractivity contribution in [3.8, 4) is 0 Å². The normalized spacial score (nSPS) is 9.64. The maximum atomic E-state index is 10.8. The molecule has 0 unspecified atom stereocenters. The number of rotatable bonds is 2. The van der Waals surface area contributed by atoms with Gasteiger partial charge in [0.25, 0.3) is 0 Å². The Bertz CT molecular complexity index is 255. The maximum absolute atomic E-state index is 10.8. The summed E-state index contributed by atoms with van der Waals surface area (Å²) in [5, 5.41) is 2.57. The first-order chi connectivity index (χ1) is 5.24. The monoisotopic (exact) mass is 154 g/mol. The van der Waals surface area contributed by atoms with Gasteiger partial charge in [-0.15, -0.1) is 0 Å². The minimum Gasteiger partial charge on any atom is -0.427 e. The zero-order valence-electron chi connectivity index (χ0n) is 6.55. The van der Waals surface area contributed by atoms with Gasteiger partial charge in [-0.05, 0) is 6.92 Å². The Morgan fingerprint density at radius 1 is 1.82 bits per heavy atom. The molecule has 1 aromatic heterocycles. The maximum Gasteiger partial charge on any atom is 0.226 e. The van der Waals surface area contributed by atoms with Crippen molar-refractivity contribution in [2.75, 3.05) is 5.32 Å². The molecule has 1 rings (SSSR count). The third kappa shape index (κ3) is 1.80. The lowest BCUT2D eigenvalue weighted by Gasteiger charge is -1.97. The number of nitrogens with one attached hydrogen (secondary N) is 1. The van der Waals surface area contributed by atoms with Crippen molar-refractivity contribution in [3.63, 3.8) is 0 Å². The Hall–Kier alpha value is -1.32. The molecule has 4 heteroatoms. The van der Waals surface area contributed by atoms with Crippen molar-refractivity contribution in [3.05, 3.63) is 12.1 Å². The Labute approximate surface area is 64.6 Å². The van der Waals surface area contributed by atoms with Crippen LogP contribution in [0.1, 0.15) is 19.0 Å². The van der Waals surface area contributed by atoms with Crippen molar-refractivity contribution < 1.29 is 9.21 Å². The Morgan fingerprint density at radius 2 is 2.55 bits per heavy atom. The molecule has 0 radical (unpaired) electrons. The number of anilines is 1. The highest BCUT2D eigenvalue weighted by atomic mass is 16.4. The topological polar surface area (TPSA) is 55.1 Å². The molecule has 1 heterocycles. The zero-order valence-corrected chi connectivity index (χ0v) is 6.55. The molecule has 0 atom stereocenters. The van der Waals surface area contributed by atoms with Crippen LogP contribution in [-0.4, -0.2) is 10.9 Å². The van der Waals surface area contributed by atoms with E-state index in [4.69, 9.17) is 4.42 Å². The SMILES string of the molecule is CCC(=O)Nc1ocnc1C. The van der Waals surface area contributed by atoms with E-state index in [1.54, 1.807) is 13.8 Å². The number of carbonyl (C=O) groups is 1. The van der Waals surface area contributed by atoms with Gasteiger partial charge < -0.3 is 4.42 Å². The summed E-state index contributed by atoms with van der Waals surface area (Å²) in [5.74, 6) is 0.377. The van der Waals surface area contributed by atoms with Crippen LogP contribution in [0.15, 0.2) is 10.8 Å². The minimum absolute atomic E-state index is 0.0650. The van der Waals surface area contributed by atoms with E-state index in [0.29, 0.717) is 18.0 Å². The van der Waals surface area contributed by atoms with Gasteiger partial charge in [0.05, 0.1) is 0 Å². The van der Waals surface area contributed by atoms with Crippen LogP contribution in [0.2, 0.25) is 0 Å². The summed E-state index contributed by atoms with van der Waals surface area (Å²) >= 11 is 0. The number of carbonyl (C=O) groups excluding carboxylic acids is 1. The summed E-state index contributed by atoms with van der Waals surface area (Å²) in [5.41, 5.74) is 0.701. The van der Waals surface area contributed by atoms with E-state index in [9.17, 15) is 4.79 Å². The molecule has 4 nitrogen and oxygen atoms in total. The summed E-state index contributed by atoms with van der Waals surface area (Å²) in [4.78, 5) is 14.7. The predicted molar refractivity (Wildman–Crippen MR) is 40.2 cm³/mol. The largest absolute Gasteiger partial charge is 0.427 e. The van der Waals surface area contributed by atoms with Gasteiger partial charge in [0.2, 0.25) is 11.8 Å². The quantitative estimate of drug-likeness (QED) is 0.699. The number of nitrogens with zero attached hydrogens (tertiary/aromatic N) is 1. The summed E-state index contributed by atoms with van der Waals surface area (Å²) < 4.78 is 4.89. The van der Waals surface area contributed by atoms with E-state index < -0.39 is 0 Å². The van der Waals surface area contributed by atoms with Crippen molar-refractivity contribution in [2.24, 2.45) is 0 Å². The summed E-state index contributed by atoms with van der Waals surface area (Å²) in [7, 11) is 0. The summed E-state index contributed by atoms with van der Waals surface area (Å²) in [6.45, 7) is 3.55. The molecule has 0 saturated carbocycles. The van der Waals surface area contributed by atoms with Crippen molar-refractivity contribution in [1.82, 2.24) is 4.98 Å². The fraction of sp³-hybridized carbons (Fsp3) is 0.429. The van der Waals surface area contributed by atoms with E-state index in [2.05, 4.69) is 10.3 Å². The highest BCUT2D eigenvalue weighted by molar-refractivity contribution is 5.89. The molecule has 0 fully saturated rings. The molecule has 0 spiro atoms. The Kier molecular flexibility index (Phi) is 2.25. The molecule has 0 aliphatic heterocycles. The number of aryl methyl sites for hydroxylation is 1. The molecule has 1 N–H and O–H groups in total. The lowest BCUT2D eigenvalue weighted by molar-refractivity contribution is -0.116. The van der Waals surface area contributed by atoms with E-state index >= 15 is 0 Å². The minimum atomic E-state index is -0.0650. The van der Waals surface area contributed by atoms with Crippen LogP contribution in [0.4, 0.5) is 5.88 Å². The smallest absolute Gasteiger partial charge is 0.226 e. The van der Waals surface area contributed by atoms with E-state index in [1.165, 1.54) is 6.39 Å². The Balaban J connectivity index is 2.64. The molecule has 1 aromatic rings. The van der Waals surface area contributed by atoms with Crippen LogP contribution in [0.3, 0.4) is 0 Å². The Morgan fingerprint density at radius 3 is 3.00 bits per heavy atom. The molecular formula is C7H10N2O2. The third-order valence-corrected chi connectivity index (χ3v) is 1.32. The molecule has 0 aliphatic rings. The second-order valence-corrected chi connectivity index (χ2v) is 2.17. The van der Waals surface area contributed by atoms with Gasteiger partial charge in [0.15, 0.2) is 6.39 Å². The molecule has 1 amide bonds. The average Bonchev–Trinajstić information content (AvgIpc) is 2.37. The number of oxazole rings is 1. The van der Waals surface area contributed by atoms with Crippen LogP contribution in [0.25, 0.3) is 0 Å². The molecule has 0 bridgehead atoms. The van der Waals surface area contributed by atoms with Gasteiger partial charge in [0.1, 0.15) is 5.69 Å². The van der Waals surface area contributed by atoms with Gasteiger partial charge in [-0.2, -0.15) is 0 Å². The number of hydrogen-bond acceptors (Lipinski definition) is 3. The zero-order chi connectivity index (χ0) is 8.27. The predicted octanol–water partition coefficient (Wildman–Crippen LogP) is 1.33. The van der Waals surface area contributed by atoms with E-state index in [0.717, 1.165) is 0 Å². The second-order valence-electron chi connectivity index (χ2n) is 2.17. The van der Waals surface area contributed by atoms with Crippen LogP contribution in [0.5, 0.6) is 0 Å². The number of aromatic nitrogens is 1. The van der Waals surface area contributed by atoms with Gasteiger partial charge >= 0.3 is 0 Å². The summed E-state index contributed by atoms with van der Waals surface area (Å²) in [6, 6.07) is 0. The van der Waals surface area contributed by atoms with E-state index in [1.807, 2.05) is 0 Å². The summed E-state index contributed by atoms with van der Waals surface area (Å²) in [6.07, 6.45) is 1.75. The van der Waals surface area contributed by atoms with Gasteiger partial charge in [-0.25, -0.2) is 4.98 Å². The number of amides is 1. The first kappa shape index (κ1) is 7.78. The van der Waals surface area contributed by atoms with Crippen molar-refractivity contribution in [1.29, 1.82) is 0 Å². The molecule has 11 heavy (non-hydrogen) atoms. The lowest BCUT2D eigenvalue weighted by Crippen LogP contribution is -2.09. The van der Waals surface area contributed by atoms with Gasteiger partial charge in [-0.1, -0.05) is 6.92 Å². The van der Waals surface area contributed by atoms with Crippen LogP contribution in [0, 0.1) is 6.92 Å². The fourth-order valence-electron chi connectivity index (χ4n) is 0.637. The second kappa shape index (κ2) is 3.18. The molecule has 0 aromatic carbocycles. The molecule has 0 saturated heterocycles. The molecular weight excluding hydrogens is 144 g/mol. The standard InChI is InChI=1S/C7H10N2O2/c1-3-6(10)9-7-5(2)8-4-11-7/h4H,3H2,1-2H3,(H,9,10). The van der Waals surface area contributed by atoms with Gasteiger partial charge in [-0.3, -0.25) is 10.1 Å².